The highest BCUT2D eigenvalue weighted by molar-refractivity contribution is 5.79. The zero-order valence-corrected chi connectivity index (χ0v) is 14.2. The Balaban J connectivity index is 2.05. The number of aliphatic imine (C=N–C) groups is 1. The third kappa shape index (κ3) is 5.13. The number of ether oxygens (including phenoxy) is 1. The van der Waals surface area contributed by atoms with Crippen molar-refractivity contribution in [1.29, 1.82) is 0 Å². The molecule has 2 aromatic rings. The van der Waals surface area contributed by atoms with E-state index in [1.54, 1.807) is 25.0 Å². The molecule has 136 valence electrons. The van der Waals surface area contributed by atoms with E-state index < -0.39 is 12.4 Å². The molecule has 0 aliphatic carbocycles. The maximum atomic E-state index is 14.0. The Morgan fingerprint density at radius 2 is 2.20 bits per heavy atom. The maximum Gasteiger partial charge on any atom is 0.387 e. The van der Waals surface area contributed by atoms with Crippen molar-refractivity contribution in [1.82, 2.24) is 20.0 Å². The van der Waals surface area contributed by atoms with Crippen LogP contribution in [0.2, 0.25) is 0 Å². The number of hydrogen-bond donors (Lipinski definition) is 1. The highest BCUT2D eigenvalue weighted by atomic mass is 19.3. The molecule has 0 radical (unpaired) electrons. The predicted molar refractivity (Wildman–Crippen MR) is 87.9 cm³/mol. The van der Waals surface area contributed by atoms with Crippen LogP contribution in [0, 0.1) is 5.82 Å². The van der Waals surface area contributed by atoms with Crippen LogP contribution in [0.4, 0.5) is 13.2 Å². The summed E-state index contributed by atoms with van der Waals surface area (Å²) in [7, 11) is 5.21. The first-order valence-electron chi connectivity index (χ1n) is 7.52. The number of guanidine groups is 1. The predicted octanol–water partition coefficient (Wildman–Crippen LogP) is 2.37. The van der Waals surface area contributed by atoms with Crippen LogP contribution in [-0.4, -0.2) is 41.3 Å². The Kier molecular flexibility index (Phi) is 6.26. The van der Waals surface area contributed by atoms with Crippen molar-refractivity contribution in [3.8, 4) is 5.75 Å². The average Bonchev–Trinajstić information content (AvgIpc) is 2.94. The summed E-state index contributed by atoms with van der Waals surface area (Å²) in [6, 6.07) is 3.81. The number of nitrogens with one attached hydrogen (secondary N) is 1. The number of rotatable bonds is 6. The van der Waals surface area contributed by atoms with Crippen LogP contribution >= 0.6 is 0 Å². The molecule has 1 aromatic heterocycles. The fraction of sp³-hybridized carbons (Fsp3) is 0.375. The van der Waals surface area contributed by atoms with Gasteiger partial charge in [-0.3, -0.25) is 9.67 Å². The summed E-state index contributed by atoms with van der Waals surface area (Å²) >= 11 is 0. The van der Waals surface area contributed by atoms with E-state index in [2.05, 4.69) is 20.1 Å². The third-order valence-corrected chi connectivity index (χ3v) is 3.47. The first-order valence-corrected chi connectivity index (χ1v) is 7.52. The van der Waals surface area contributed by atoms with E-state index in [0.717, 1.165) is 5.56 Å². The molecule has 1 N–H and O–H groups in total. The van der Waals surface area contributed by atoms with Gasteiger partial charge >= 0.3 is 6.61 Å². The van der Waals surface area contributed by atoms with Crippen LogP contribution in [0.3, 0.4) is 0 Å². The van der Waals surface area contributed by atoms with Gasteiger partial charge < -0.3 is 15.0 Å². The van der Waals surface area contributed by atoms with E-state index in [1.807, 2.05) is 18.1 Å². The monoisotopic (exact) mass is 355 g/mol. The number of aromatic nitrogens is 2. The lowest BCUT2D eigenvalue weighted by atomic mass is 10.2. The lowest BCUT2D eigenvalue weighted by Gasteiger charge is -2.22. The molecule has 0 spiro atoms. The molecule has 6 nitrogen and oxygen atoms in total. The van der Waals surface area contributed by atoms with Gasteiger partial charge in [0.15, 0.2) is 5.96 Å². The van der Waals surface area contributed by atoms with Crippen LogP contribution in [0.25, 0.3) is 0 Å². The van der Waals surface area contributed by atoms with Crippen LogP contribution < -0.4 is 10.1 Å². The summed E-state index contributed by atoms with van der Waals surface area (Å²) in [6.07, 6.45) is 3.60. The number of benzene rings is 1. The quantitative estimate of drug-likeness (QED) is 0.639. The molecular weight excluding hydrogens is 335 g/mol. The van der Waals surface area contributed by atoms with Gasteiger partial charge in [-0.05, 0) is 12.1 Å². The molecule has 0 aliphatic heterocycles. The van der Waals surface area contributed by atoms with Crippen LogP contribution in [0.1, 0.15) is 11.1 Å². The topological polar surface area (TPSA) is 54.7 Å². The van der Waals surface area contributed by atoms with Gasteiger partial charge in [-0.25, -0.2) is 4.39 Å². The zero-order valence-electron chi connectivity index (χ0n) is 14.2. The van der Waals surface area contributed by atoms with Crippen molar-refractivity contribution >= 4 is 5.96 Å². The number of hydrogen-bond acceptors (Lipinski definition) is 3. The Morgan fingerprint density at radius 3 is 2.80 bits per heavy atom. The molecule has 0 unspecified atom stereocenters. The molecule has 9 heteroatoms. The number of nitrogens with zero attached hydrogens (tertiary/aromatic N) is 4. The third-order valence-electron chi connectivity index (χ3n) is 3.47. The SMILES string of the molecule is CN=C(NCc1c(F)cccc1OC(F)F)N(C)Cc1cnn(C)c1. The number of aryl methyl sites for hydroxylation is 1. The Bertz CT molecular complexity index is 732. The minimum atomic E-state index is -3.02. The van der Waals surface area contributed by atoms with Crippen molar-refractivity contribution in [2.75, 3.05) is 14.1 Å². The van der Waals surface area contributed by atoms with E-state index in [-0.39, 0.29) is 17.9 Å². The van der Waals surface area contributed by atoms with Gasteiger partial charge in [0.2, 0.25) is 0 Å². The highest BCUT2D eigenvalue weighted by Crippen LogP contribution is 2.23. The van der Waals surface area contributed by atoms with Crippen molar-refractivity contribution in [3.63, 3.8) is 0 Å². The van der Waals surface area contributed by atoms with Gasteiger partial charge in [-0.2, -0.15) is 13.9 Å². The smallest absolute Gasteiger partial charge is 0.387 e. The van der Waals surface area contributed by atoms with Crippen molar-refractivity contribution < 1.29 is 17.9 Å². The van der Waals surface area contributed by atoms with Crippen molar-refractivity contribution in [2.24, 2.45) is 12.0 Å². The summed E-state index contributed by atoms with van der Waals surface area (Å²) in [5, 5.41) is 7.04. The molecule has 2 rings (SSSR count). The fourth-order valence-electron chi connectivity index (χ4n) is 2.37. The van der Waals surface area contributed by atoms with E-state index in [9.17, 15) is 13.2 Å². The second-order valence-corrected chi connectivity index (χ2v) is 5.37. The van der Waals surface area contributed by atoms with Crippen molar-refractivity contribution in [2.45, 2.75) is 19.7 Å². The molecule has 0 saturated heterocycles. The van der Waals surface area contributed by atoms with Gasteiger partial charge in [0, 0.05) is 51.6 Å². The first kappa shape index (κ1) is 18.6. The molecule has 25 heavy (non-hydrogen) atoms. The van der Waals surface area contributed by atoms with Gasteiger partial charge in [-0.15, -0.1) is 0 Å². The normalized spacial score (nSPS) is 11.7. The molecule has 0 fully saturated rings. The lowest BCUT2D eigenvalue weighted by molar-refractivity contribution is -0.0506. The van der Waals surface area contributed by atoms with E-state index in [1.165, 1.54) is 18.2 Å². The second kappa shape index (κ2) is 8.41. The van der Waals surface area contributed by atoms with Gasteiger partial charge in [0.05, 0.1) is 6.20 Å². The summed E-state index contributed by atoms with van der Waals surface area (Å²) < 4.78 is 45.0. The number of alkyl halides is 2. The molecule has 0 saturated carbocycles. The van der Waals surface area contributed by atoms with E-state index in [0.29, 0.717) is 12.5 Å². The standard InChI is InChI=1S/C16H20F3N5O/c1-20-16(23(2)9-11-7-22-24(3)10-11)21-8-12-13(17)5-4-6-14(12)25-15(18)19/h4-7,10,15H,8-9H2,1-3H3,(H,20,21). The molecule has 0 bridgehead atoms. The van der Waals surface area contributed by atoms with E-state index in [4.69, 9.17) is 0 Å². The van der Waals surface area contributed by atoms with Crippen LogP contribution in [0.15, 0.2) is 35.6 Å². The zero-order chi connectivity index (χ0) is 18.4. The lowest BCUT2D eigenvalue weighted by Crippen LogP contribution is -2.38. The highest BCUT2D eigenvalue weighted by Gasteiger charge is 2.15. The molecule has 0 amide bonds. The number of halogens is 3. The molecule has 0 atom stereocenters. The summed E-state index contributed by atoms with van der Waals surface area (Å²) in [5.41, 5.74) is 0.985. The maximum absolute atomic E-state index is 14.0. The minimum absolute atomic E-state index is 0.0127. The molecule has 1 heterocycles. The van der Waals surface area contributed by atoms with Crippen LogP contribution in [-0.2, 0) is 20.1 Å². The largest absolute Gasteiger partial charge is 0.434 e. The Hall–Kier alpha value is -2.71. The fourth-order valence-corrected chi connectivity index (χ4v) is 2.37. The van der Waals surface area contributed by atoms with Gasteiger partial charge in [0.25, 0.3) is 0 Å². The Labute approximate surface area is 143 Å². The summed E-state index contributed by atoms with van der Waals surface area (Å²) in [6.45, 7) is -2.53. The van der Waals surface area contributed by atoms with Gasteiger partial charge in [-0.1, -0.05) is 6.07 Å². The van der Waals surface area contributed by atoms with Gasteiger partial charge in [0.1, 0.15) is 11.6 Å². The molecular formula is C16H20F3N5O. The first-order chi connectivity index (χ1) is 11.9. The van der Waals surface area contributed by atoms with Crippen molar-refractivity contribution in [3.05, 3.63) is 47.5 Å². The Morgan fingerprint density at radius 1 is 1.44 bits per heavy atom. The summed E-state index contributed by atoms with van der Waals surface area (Å²) in [5.74, 6) is -0.348. The summed E-state index contributed by atoms with van der Waals surface area (Å²) in [4.78, 5) is 5.93. The average molecular weight is 355 g/mol. The van der Waals surface area contributed by atoms with Crippen LogP contribution in [0.5, 0.6) is 5.75 Å². The molecule has 0 aliphatic rings. The molecule has 1 aromatic carbocycles. The minimum Gasteiger partial charge on any atom is -0.434 e. The second-order valence-electron chi connectivity index (χ2n) is 5.37. The van der Waals surface area contributed by atoms with E-state index >= 15 is 0 Å².